The van der Waals surface area contributed by atoms with E-state index in [2.05, 4.69) is 404 Å². The van der Waals surface area contributed by atoms with E-state index in [1.807, 2.05) is 12.1 Å². The van der Waals surface area contributed by atoms with Crippen molar-refractivity contribution in [1.82, 2.24) is 0 Å². The molecule has 4 nitrogen and oxygen atoms in total. The molecule has 504 valence electrons. The summed E-state index contributed by atoms with van der Waals surface area (Å²) >= 11 is 0. The van der Waals surface area contributed by atoms with Crippen LogP contribution in [-0.4, -0.2) is 0 Å². The Morgan fingerprint density at radius 1 is 0.290 bits per heavy atom. The van der Waals surface area contributed by atoms with Gasteiger partial charge in [0.25, 0.3) is 0 Å². The zero-order chi connectivity index (χ0) is 70.8. The van der Waals surface area contributed by atoms with E-state index in [1.54, 1.807) is 0 Å². The van der Waals surface area contributed by atoms with E-state index in [4.69, 9.17) is 8.83 Å². The van der Waals surface area contributed by atoms with Crippen LogP contribution >= 0.6 is 0 Å². The van der Waals surface area contributed by atoms with Gasteiger partial charge in [-0.3, -0.25) is 0 Å². The maximum absolute atomic E-state index is 6.92. The number of para-hydroxylation sites is 2. The third kappa shape index (κ3) is 11.0. The molecule has 2 aliphatic rings. The maximum Gasteiger partial charge on any atom is 0.143 e. The van der Waals surface area contributed by atoms with Crippen molar-refractivity contribution in [1.29, 1.82) is 0 Å². The first kappa shape index (κ1) is 62.9. The van der Waals surface area contributed by atoms with E-state index in [0.717, 1.165) is 118 Å². The maximum atomic E-state index is 6.92. The fourth-order valence-electron chi connectivity index (χ4n) is 17.1. The number of anilines is 6. The summed E-state index contributed by atoms with van der Waals surface area (Å²) in [4.78, 5) is 4.85. The molecule has 4 heteroatoms. The lowest BCUT2D eigenvalue weighted by atomic mass is 9.68. The molecule has 1 unspecified atom stereocenters. The Bertz CT molecular complexity index is 6380. The van der Waals surface area contributed by atoms with Gasteiger partial charge in [0.05, 0.1) is 11.1 Å². The number of fused-ring (bicyclic) bond motifs is 9. The summed E-state index contributed by atoms with van der Waals surface area (Å²) in [5.41, 5.74) is 31.7. The number of nitrogens with zero attached hydrogens (tertiary/aromatic N) is 2. The lowest BCUT2D eigenvalue weighted by molar-refractivity contribution is 0.669. The summed E-state index contributed by atoms with van der Waals surface area (Å²) in [5, 5.41) is 4.38. The summed E-state index contributed by atoms with van der Waals surface area (Å²) in [6.45, 7) is 0. The monoisotopic (exact) mass is 1370 g/mol. The average molecular weight is 1370 g/mol. The quantitative estimate of drug-likeness (QED) is 0.102. The van der Waals surface area contributed by atoms with Gasteiger partial charge in [0.2, 0.25) is 0 Å². The van der Waals surface area contributed by atoms with Gasteiger partial charge in [0.1, 0.15) is 22.3 Å². The highest BCUT2D eigenvalue weighted by atomic mass is 16.3. The summed E-state index contributed by atoms with van der Waals surface area (Å²) in [5.74, 6) is 0.0780. The molecule has 0 bridgehead atoms. The second kappa shape index (κ2) is 26.5. The van der Waals surface area contributed by atoms with Crippen LogP contribution in [0.3, 0.4) is 0 Å². The molecule has 2 heterocycles. The second-order valence-corrected chi connectivity index (χ2v) is 28.1. The summed E-state index contributed by atoms with van der Waals surface area (Å²) < 4.78 is 13.4. The Morgan fingerprint density at radius 3 is 1.45 bits per heavy atom. The Balaban J connectivity index is 0.660. The average Bonchev–Trinajstić information content (AvgIpc) is 1.54. The van der Waals surface area contributed by atoms with Gasteiger partial charge in [0, 0.05) is 73.1 Å². The standard InChI is InChI=1S/C103H70N2O2/c1-6-24-69(25-7-1)72-50-56-83(57-51-72)104(84-60-54-76(55-61-84)89-39-21-40-91-90-36-17-19-44-97(90)107-102(89)91)86-62-63-93-99(68-86)106-98-45-22-38-88(100(93)98)75-48-46-74(47-49-75)77-30-20-31-78(64-77)80-65-79(71-28-10-3-11-29-71)66-87(67-80)105(85-58-52-73(53-59-85)70-26-8-2-9-27-70)96-43-23-42-95-101(96)92-37-16-18-41-94(92)103(95,81-32-12-4-13-33-81)82-34-14-5-15-35-82/h1-30,32-68,78H,31H2. The fraction of sp³-hybridized carbons (Fsp3) is 0.0291. The van der Waals surface area contributed by atoms with Gasteiger partial charge in [-0.1, -0.05) is 322 Å². The van der Waals surface area contributed by atoms with Crippen LogP contribution in [0.1, 0.15) is 45.7 Å². The number of hydrogen-bond donors (Lipinski definition) is 0. The number of benzene rings is 16. The van der Waals surface area contributed by atoms with Gasteiger partial charge in [-0.2, -0.15) is 0 Å². The normalized spacial score (nSPS) is 13.6. The lowest BCUT2D eigenvalue weighted by Crippen LogP contribution is -2.28. The topological polar surface area (TPSA) is 32.8 Å². The van der Waals surface area contributed by atoms with Crippen LogP contribution in [0.4, 0.5) is 34.1 Å². The molecule has 0 spiro atoms. The minimum atomic E-state index is -0.572. The molecule has 1 atom stereocenters. The van der Waals surface area contributed by atoms with Crippen LogP contribution in [0.2, 0.25) is 0 Å². The molecule has 2 aliphatic carbocycles. The van der Waals surface area contributed by atoms with Crippen LogP contribution in [0.15, 0.2) is 415 Å². The van der Waals surface area contributed by atoms with Gasteiger partial charge in [-0.15, -0.1) is 0 Å². The minimum absolute atomic E-state index is 0.0780. The van der Waals surface area contributed by atoms with Crippen LogP contribution < -0.4 is 9.80 Å². The fourth-order valence-corrected chi connectivity index (χ4v) is 17.1. The van der Waals surface area contributed by atoms with Gasteiger partial charge in [-0.05, 0) is 180 Å². The predicted octanol–water partition coefficient (Wildman–Crippen LogP) is 28.3. The van der Waals surface area contributed by atoms with Crippen molar-refractivity contribution >= 4 is 83.6 Å². The van der Waals surface area contributed by atoms with Crippen molar-refractivity contribution in [3.8, 4) is 66.8 Å². The van der Waals surface area contributed by atoms with Gasteiger partial charge < -0.3 is 18.6 Å². The Hall–Kier alpha value is -13.8. The van der Waals surface area contributed by atoms with Crippen LogP contribution in [0.25, 0.3) is 116 Å². The van der Waals surface area contributed by atoms with Crippen LogP contribution in [0.5, 0.6) is 0 Å². The molecular weight excluding hydrogens is 1300 g/mol. The van der Waals surface area contributed by atoms with Gasteiger partial charge in [-0.25, -0.2) is 0 Å². The van der Waals surface area contributed by atoms with Crippen molar-refractivity contribution < 1.29 is 8.83 Å². The van der Waals surface area contributed by atoms with Crippen molar-refractivity contribution in [2.45, 2.75) is 17.8 Å². The van der Waals surface area contributed by atoms with Crippen molar-refractivity contribution in [2.24, 2.45) is 0 Å². The molecule has 0 fully saturated rings. The molecule has 16 aromatic carbocycles. The number of hydrogen-bond acceptors (Lipinski definition) is 4. The predicted molar refractivity (Wildman–Crippen MR) is 446 cm³/mol. The first-order valence-electron chi connectivity index (χ1n) is 37.0. The number of furan rings is 2. The third-order valence-electron chi connectivity index (χ3n) is 22.1. The molecule has 20 rings (SSSR count). The Morgan fingerprint density at radius 2 is 0.776 bits per heavy atom. The first-order chi connectivity index (χ1) is 53.0. The summed E-state index contributed by atoms with van der Waals surface area (Å²) in [6.07, 6.45) is 8.03. The number of allylic oxidation sites excluding steroid dienone is 4. The van der Waals surface area contributed by atoms with Crippen LogP contribution in [-0.2, 0) is 5.41 Å². The summed E-state index contributed by atoms with van der Waals surface area (Å²) in [6, 6.07) is 142. The molecule has 107 heavy (non-hydrogen) atoms. The van der Waals surface area contributed by atoms with Crippen molar-refractivity contribution in [3.05, 3.63) is 440 Å². The molecule has 0 N–H and O–H groups in total. The molecule has 0 radical (unpaired) electrons. The first-order valence-corrected chi connectivity index (χ1v) is 37.0. The molecule has 18 aromatic rings. The Labute approximate surface area is 622 Å². The molecule has 0 aliphatic heterocycles. The highest BCUT2D eigenvalue weighted by Crippen LogP contribution is 2.60. The number of rotatable bonds is 15. The Kier molecular flexibility index (Phi) is 15.6. The molecule has 0 saturated heterocycles. The van der Waals surface area contributed by atoms with Crippen molar-refractivity contribution in [2.75, 3.05) is 9.80 Å². The molecule has 0 saturated carbocycles. The van der Waals surface area contributed by atoms with E-state index in [-0.39, 0.29) is 5.92 Å². The van der Waals surface area contributed by atoms with Gasteiger partial charge >= 0.3 is 0 Å². The van der Waals surface area contributed by atoms with E-state index < -0.39 is 5.41 Å². The molecule has 2 aromatic heterocycles. The zero-order valence-electron chi connectivity index (χ0n) is 58.7. The zero-order valence-corrected chi connectivity index (χ0v) is 58.7. The van der Waals surface area contributed by atoms with Crippen molar-refractivity contribution in [3.63, 3.8) is 0 Å². The van der Waals surface area contributed by atoms with Crippen LogP contribution in [0, 0.1) is 0 Å². The van der Waals surface area contributed by atoms with E-state index >= 15 is 0 Å². The van der Waals surface area contributed by atoms with E-state index in [0.29, 0.717) is 0 Å². The smallest absolute Gasteiger partial charge is 0.143 e. The van der Waals surface area contributed by atoms with E-state index in [9.17, 15) is 0 Å². The highest BCUT2D eigenvalue weighted by Gasteiger charge is 2.47. The summed E-state index contributed by atoms with van der Waals surface area (Å²) in [7, 11) is 0. The largest absolute Gasteiger partial charge is 0.456 e. The minimum Gasteiger partial charge on any atom is -0.456 e. The lowest BCUT2D eigenvalue weighted by Gasteiger charge is -2.34. The highest BCUT2D eigenvalue weighted by molar-refractivity contribution is 6.14. The SMILES string of the molecule is C1=CC(c2ccc(-c3cccc4oc5cc(N(c6ccc(-c7ccccc7)cc6)c6ccc(-c7cccc8c7oc7ccccc78)cc6)ccc5c34)cc2)=CC(c2cc(-c3ccccc3)cc(N(c3ccc(-c4ccccc4)cc3)c3cccc4c3-c3ccccc3C4(c3ccccc3)c3ccccc3)c2)C1. The second-order valence-electron chi connectivity index (χ2n) is 28.1. The molecular formula is C103H70N2O2. The van der Waals surface area contributed by atoms with Gasteiger partial charge in [0.15, 0.2) is 0 Å². The molecule has 0 amide bonds. The van der Waals surface area contributed by atoms with E-state index in [1.165, 1.54) is 72.3 Å². The third-order valence-corrected chi connectivity index (χ3v) is 22.1.